The van der Waals surface area contributed by atoms with E-state index in [1.54, 1.807) is 6.08 Å². The summed E-state index contributed by atoms with van der Waals surface area (Å²) in [5.74, 6) is -2.29. The van der Waals surface area contributed by atoms with E-state index < -0.39 is 5.92 Å². The first-order chi connectivity index (χ1) is 9.16. The number of nitrogens with zero attached hydrogens (tertiary/aromatic N) is 1. The highest BCUT2D eigenvalue weighted by Gasteiger charge is 2.36. The summed E-state index contributed by atoms with van der Waals surface area (Å²) >= 11 is 0. The summed E-state index contributed by atoms with van der Waals surface area (Å²) in [7, 11) is 0. The zero-order chi connectivity index (χ0) is 15.5. The van der Waals surface area contributed by atoms with E-state index in [1.165, 1.54) is 0 Å². The van der Waals surface area contributed by atoms with Crippen molar-refractivity contribution >= 4 is 5.71 Å². The first-order valence-electron chi connectivity index (χ1n) is 7.49. The Bertz CT molecular complexity index is 430. The number of rotatable bonds is 6. The van der Waals surface area contributed by atoms with Crippen LogP contribution in [0.15, 0.2) is 27.9 Å². The zero-order valence-electron chi connectivity index (χ0n) is 13.6. The van der Waals surface area contributed by atoms with E-state index in [-0.39, 0.29) is 11.5 Å². The lowest BCUT2D eigenvalue weighted by atomic mass is 10.0. The molecule has 20 heavy (non-hydrogen) atoms. The van der Waals surface area contributed by atoms with E-state index >= 15 is 0 Å². The van der Waals surface area contributed by atoms with Crippen LogP contribution in [-0.2, 0) is 0 Å². The van der Waals surface area contributed by atoms with E-state index in [2.05, 4.69) is 18.8 Å². The fourth-order valence-electron chi connectivity index (χ4n) is 2.04. The molecule has 0 saturated heterocycles. The highest BCUT2D eigenvalue weighted by molar-refractivity contribution is 5.85. The van der Waals surface area contributed by atoms with Gasteiger partial charge in [-0.05, 0) is 46.0 Å². The summed E-state index contributed by atoms with van der Waals surface area (Å²) in [5.41, 5.74) is 2.55. The summed E-state index contributed by atoms with van der Waals surface area (Å²) in [6.07, 6.45) is 4.53. The first kappa shape index (κ1) is 17.1. The van der Waals surface area contributed by atoms with Crippen molar-refractivity contribution in [3.05, 3.63) is 22.9 Å². The third kappa shape index (κ3) is 4.84. The van der Waals surface area contributed by atoms with Gasteiger partial charge in [0.05, 0.1) is 5.70 Å². The normalized spacial score (nSPS) is 19.5. The van der Waals surface area contributed by atoms with Gasteiger partial charge >= 0.3 is 0 Å². The Balaban J connectivity index is 3.33. The van der Waals surface area contributed by atoms with E-state index in [1.807, 2.05) is 20.8 Å². The number of allylic oxidation sites excluding steroid dienone is 4. The molecule has 1 nitrogen and oxygen atoms in total. The van der Waals surface area contributed by atoms with Crippen LogP contribution in [0, 0.1) is 11.8 Å². The summed E-state index contributed by atoms with van der Waals surface area (Å²) in [6.45, 7) is 10.8. The average Bonchev–Trinajstić information content (AvgIpc) is 3.14. The van der Waals surface area contributed by atoms with Crippen molar-refractivity contribution < 1.29 is 8.78 Å². The van der Waals surface area contributed by atoms with Crippen molar-refractivity contribution in [1.29, 1.82) is 0 Å². The SMILES string of the molecule is CCC(C)/C(C)=N/C(=C(\C=C(C)C)C(C)(F)F)C1CC1. The van der Waals surface area contributed by atoms with Gasteiger partial charge in [-0.3, -0.25) is 4.99 Å². The molecule has 0 aromatic rings. The van der Waals surface area contributed by atoms with Crippen molar-refractivity contribution in [3.63, 3.8) is 0 Å². The van der Waals surface area contributed by atoms with Gasteiger partial charge in [0.15, 0.2) is 0 Å². The lowest BCUT2D eigenvalue weighted by molar-refractivity contribution is 0.0658. The van der Waals surface area contributed by atoms with Gasteiger partial charge in [0.1, 0.15) is 0 Å². The second kappa shape index (κ2) is 6.64. The largest absolute Gasteiger partial charge is 0.272 e. The zero-order valence-corrected chi connectivity index (χ0v) is 13.6. The molecule has 1 unspecified atom stereocenters. The molecular formula is C17H27F2N. The molecule has 3 heteroatoms. The smallest absolute Gasteiger partial charge is 0.261 e. The highest BCUT2D eigenvalue weighted by Crippen LogP contribution is 2.43. The van der Waals surface area contributed by atoms with Crippen LogP contribution in [0.3, 0.4) is 0 Å². The van der Waals surface area contributed by atoms with Crippen molar-refractivity contribution in [3.8, 4) is 0 Å². The third-order valence-electron chi connectivity index (χ3n) is 3.77. The first-order valence-corrected chi connectivity index (χ1v) is 7.49. The molecule has 114 valence electrons. The minimum Gasteiger partial charge on any atom is -0.261 e. The Morgan fingerprint density at radius 1 is 1.30 bits per heavy atom. The van der Waals surface area contributed by atoms with Gasteiger partial charge in [-0.2, -0.15) is 0 Å². The molecule has 0 bridgehead atoms. The second-order valence-corrected chi connectivity index (χ2v) is 6.25. The molecule has 0 heterocycles. The minimum absolute atomic E-state index is 0.0997. The Kier molecular flexibility index (Phi) is 5.67. The molecule has 1 aliphatic rings. The van der Waals surface area contributed by atoms with E-state index in [0.29, 0.717) is 11.6 Å². The summed E-state index contributed by atoms with van der Waals surface area (Å²) in [6, 6.07) is 0. The predicted octanol–water partition coefficient (Wildman–Crippen LogP) is 5.78. The summed E-state index contributed by atoms with van der Waals surface area (Å²) in [5, 5.41) is 0. The minimum atomic E-state index is -2.84. The van der Waals surface area contributed by atoms with Gasteiger partial charge in [-0.15, -0.1) is 0 Å². The molecule has 1 rings (SSSR count). The van der Waals surface area contributed by atoms with Gasteiger partial charge in [-0.1, -0.05) is 25.5 Å². The van der Waals surface area contributed by atoms with Crippen molar-refractivity contribution in [2.75, 3.05) is 0 Å². The van der Waals surface area contributed by atoms with Crippen LogP contribution in [0.5, 0.6) is 0 Å². The second-order valence-electron chi connectivity index (χ2n) is 6.25. The molecule has 0 aliphatic heterocycles. The Morgan fingerprint density at radius 3 is 2.20 bits per heavy atom. The number of hydrogen-bond donors (Lipinski definition) is 0. The maximum Gasteiger partial charge on any atom is 0.272 e. The van der Waals surface area contributed by atoms with Gasteiger partial charge < -0.3 is 0 Å². The Hall–Kier alpha value is -0.990. The molecule has 0 spiro atoms. The molecule has 0 radical (unpaired) electrons. The van der Waals surface area contributed by atoms with Gasteiger partial charge in [0.25, 0.3) is 5.92 Å². The molecular weight excluding hydrogens is 256 g/mol. The monoisotopic (exact) mass is 283 g/mol. The lowest BCUT2D eigenvalue weighted by Crippen LogP contribution is -2.16. The number of alkyl halides is 2. The molecule has 1 aliphatic carbocycles. The van der Waals surface area contributed by atoms with Gasteiger partial charge in [-0.25, -0.2) is 8.78 Å². The van der Waals surface area contributed by atoms with E-state index in [9.17, 15) is 8.78 Å². The number of aliphatic imine (C=N–C) groups is 1. The molecule has 1 fully saturated rings. The maximum absolute atomic E-state index is 13.9. The molecule has 0 amide bonds. The fraction of sp³-hybridized carbons (Fsp3) is 0.706. The molecule has 1 saturated carbocycles. The summed E-state index contributed by atoms with van der Waals surface area (Å²) < 4.78 is 27.9. The standard InChI is InChI=1S/C17H27F2N/c1-7-12(4)13(5)20-16(14-8-9-14)15(10-11(2)3)17(6,18)19/h10,12,14H,7-9H2,1-6H3/b16-15+,20-13+. The van der Waals surface area contributed by atoms with Crippen LogP contribution in [0.4, 0.5) is 8.78 Å². The van der Waals surface area contributed by atoms with Crippen LogP contribution in [0.2, 0.25) is 0 Å². The van der Waals surface area contributed by atoms with Gasteiger partial charge in [0.2, 0.25) is 0 Å². The van der Waals surface area contributed by atoms with E-state index in [0.717, 1.165) is 37.5 Å². The van der Waals surface area contributed by atoms with Crippen molar-refractivity contribution in [2.24, 2.45) is 16.8 Å². The van der Waals surface area contributed by atoms with E-state index in [4.69, 9.17) is 0 Å². The highest BCUT2D eigenvalue weighted by atomic mass is 19.3. The quantitative estimate of drug-likeness (QED) is 0.433. The number of halogens is 2. The van der Waals surface area contributed by atoms with Crippen LogP contribution in [-0.4, -0.2) is 11.6 Å². The van der Waals surface area contributed by atoms with Crippen molar-refractivity contribution in [2.45, 2.75) is 66.7 Å². The van der Waals surface area contributed by atoms with Crippen LogP contribution >= 0.6 is 0 Å². The fourth-order valence-corrected chi connectivity index (χ4v) is 2.04. The molecule has 0 N–H and O–H groups in total. The predicted molar refractivity (Wildman–Crippen MR) is 82.4 cm³/mol. The summed E-state index contributed by atoms with van der Waals surface area (Å²) in [4.78, 5) is 4.60. The maximum atomic E-state index is 13.9. The lowest BCUT2D eigenvalue weighted by Gasteiger charge is -2.18. The molecule has 0 aromatic heterocycles. The Morgan fingerprint density at radius 2 is 1.85 bits per heavy atom. The average molecular weight is 283 g/mol. The van der Waals surface area contributed by atoms with Crippen molar-refractivity contribution in [1.82, 2.24) is 0 Å². The topological polar surface area (TPSA) is 12.4 Å². The van der Waals surface area contributed by atoms with Crippen LogP contribution < -0.4 is 0 Å². The van der Waals surface area contributed by atoms with Crippen LogP contribution in [0.1, 0.15) is 60.8 Å². The third-order valence-corrected chi connectivity index (χ3v) is 3.77. The van der Waals surface area contributed by atoms with Crippen LogP contribution in [0.25, 0.3) is 0 Å². The van der Waals surface area contributed by atoms with Gasteiger partial charge in [0, 0.05) is 24.1 Å². The molecule has 0 aromatic carbocycles. The number of hydrogen-bond acceptors (Lipinski definition) is 1. The molecule has 1 atom stereocenters. The Labute approximate surface area is 121 Å².